The molecule has 2 unspecified atom stereocenters. The second kappa shape index (κ2) is 4.93. The third kappa shape index (κ3) is 2.30. The summed E-state index contributed by atoms with van der Waals surface area (Å²) in [5.74, 6) is -2.57. The molecule has 90 valence electrons. The molecule has 0 spiro atoms. The zero-order valence-electron chi connectivity index (χ0n) is 9.10. The first kappa shape index (κ1) is 12.4. The first-order chi connectivity index (χ1) is 7.51. The van der Waals surface area contributed by atoms with E-state index in [9.17, 15) is 14.4 Å². The second-order valence-corrected chi connectivity index (χ2v) is 3.71. The number of carbonyl (C=O) groups is 3. The molecule has 1 aliphatic heterocycles. The van der Waals surface area contributed by atoms with Gasteiger partial charge in [-0.1, -0.05) is 6.92 Å². The third-order valence-corrected chi connectivity index (χ3v) is 2.59. The number of likely N-dealkylation sites (tertiary alicyclic amines) is 1. The van der Waals surface area contributed by atoms with Crippen molar-refractivity contribution < 1.29 is 24.3 Å². The molecule has 1 rings (SSSR count). The molecule has 7 nitrogen and oxygen atoms in total. The fourth-order valence-electron chi connectivity index (χ4n) is 1.72. The second-order valence-electron chi connectivity index (χ2n) is 3.71. The van der Waals surface area contributed by atoms with Crippen LogP contribution in [0.25, 0.3) is 0 Å². The van der Waals surface area contributed by atoms with Gasteiger partial charge >= 0.3 is 6.09 Å². The normalized spacial score (nSPS) is 25.2. The van der Waals surface area contributed by atoms with E-state index in [1.807, 2.05) is 0 Å². The van der Waals surface area contributed by atoms with E-state index < -0.39 is 23.8 Å². The molecule has 1 heterocycles. The van der Waals surface area contributed by atoms with Crippen LogP contribution in [-0.4, -0.2) is 48.1 Å². The van der Waals surface area contributed by atoms with Crippen LogP contribution in [0.3, 0.4) is 0 Å². The standard InChI is InChI=1S/C9H14N2O5/c1-5-3-11(9(14)16-2)4-6(7(5)12)8(13)10-15/h5-6,15H,3-4H2,1-2H3,(H,10,13). The number of ketones is 1. The number of carbonyl (C=O) groups excluding carboxylic acids is 3. The van der Waals surface area contributed by atoms with Gasteiger partial charge in [-0.2, -0.15) is 0 Å². The lowest BCUT2D eigenvalue weighted by Crippen LogP contribution is -2.52. The third-order valence-electron chi connectivity index (χ3n) is 2.59. The summed E-state index contributed by atoms with van der Waals surface area (Å²) in [4.78, 5) is 35.4. The van der Waals surface area contributed by atoms with E-state index >= 15 is 0 Å². The summed E-state index contributed by atoms with van der Waals surface area (Å²) >= 11 is 0. The molecular weight excluding hydrogens is 216 g/mol. The molecule has 2 atom stereocenters. The predicted molar refractivity (Wildman–Crippen MR) is 51.6 cm³/mol. The fourth-order valence-corrected chi connectivity index (χ4v) is 1.72. The van der Waals surface area contributed by atoms with Crippen LogP contribution in [0.2, 0.25) is 0 Å². The quantitative estimate of drug-likeness (QED) is 0.356. The minimum absolute atomic E-state index is 0.0672. The highest BCUT2D eigenvalue weighted by atomic mass is 16.5. The minimum atomic E-state index is -1.03. The van der Waals surface area contributed by atoms with Gasteiger partial charge in [0.25, 0.3) is 5.91 Å². The SMILES string of the molecule is COC(=O)N1CC(C)C(=O)C(C(=O)NO)C1. The molecule has 0 aromatic rings. The Morgan fingerprint density at radius 2 is 2.12 bits per heavy atom. The highest BCUT2D eigenvalue weighted by molar-refractivity contribution is 6.03. The molecule has 0 aromatic carbocycles. The number of hydroxylamine groups is 1. The number of hydrogen-bond acceptors (Lipinski definition) is 5. The number of Topliss-reactive ketones (excluding diaryl/α,β-unsaturated/α-hetero) is 1. The molecule has 7 heteroatoms. The molecule has 0 aromatic heterocycles. The lowest BCUT2D eigenvalue weighted by molar-refractivity contribution is -0.144. The molecule has 1 fully saturated rings. The Balaban J connectivity index is 2.81. The number of amides is 2. The van der Waals surface area contributed by atoms with Gasteiger partial charge in [-0.05, 0) is 0 Å². The Morgan fingerprint density at radius 1 is 1.50 bits per heavy atom. The molecule has 1 saturated heterocycles. The summed E-state index contributed by atoms with van der Waals surface area (Å²) in [6.07, 6.45) is -0.588. The van der Waals surface area contributed by atoms with Gasteiger partial charge in [-0.3, -0.25) is 14.8 Å². The van der Waals surface area contributed by atoms with Crippen LogP contribution in [0.4, 0.5) is 4.79 Å². The average molecular weight is 230 g/mol. The Morgan fingerprint density at radius 3 is 2.62 bits per heavy atom. The Bertz CT molecular complexity index is 317. The molecular formula is C9H14N2O5. The number of nitrogens with one attached hydrogen (secondary N) is 1. The van der Waals surface area contributed by atoms with Crippen LogP contribution in [0.5, 0.6) is 0 Å². The highest BCUT2D eigenvalue weighted by Crippen LogP contribution is 2.18. The van der Waals surface area contributed by atoms with Crippen molar-refractivity contribution in [1.82, 2.24) is 10.4 Å². The van der Waals surface area contributed by atoms with E-state index in [1.54, 1.807) is 6.92 Å². The molecule has 16 heavy (non-hydrogen) atoms. The zero-order valence-corrected chi connectivity index (χ0v) is 9.10. The van der Waals surface area contributed by atoms with Crippen molar-refractivity contribution in [1.29, 1.82) is 0 Å². The van der Waals surface area contributed by atoms with Gasteiger partial charge in [0.2, 0.25) is 0 Å². The Labute approximate surface area is 92.3 Å². The van der Waals surface area contributed by atoms with E-state index in [2.05, 4.69) is 4.74 Å². The number of piperidine rings is 1. The molecule has 1 aliphatic rings. The lowest BCUT2D eigenvalue weighted by Gasteiger charge is -2.33. The van der Waals surface area contributed by atoms with Gasteiger partial charge < -0.3 is 9.64 Å². The Kier molecular flexibility index (Phi) is 3.83. The summed E-state index contributed by atoms with van der Waals surface area (Å²) in [7, 11) is 1.23. The lowest BCUT2D eigenvalue weighted by atomic mass is 9.88. The molecule has 2 amide bonds. The molecule has 2 N–H and O–H groups in total. The first-order valence-corrected chi connectivity index (χ1v) is 4.81. The maximum absolute atomic E-state index is 11.6. The van der Waals surface area contributed by atoms with Crippen LogP contribution in [0.1, 0.15) is 6.92 Å². The monoisotopic (exact) mass is 230 g/mol. The van der Waals surface area contributed by atoms with Crippen molar-refractivity contribution in [3.63, 3.8) is 0 Å². The minimum Gasteiger partial charge on any atom is -0.453 e. The number of nitrogens with zero attached hydrogens (tertiary/aromatic N) is 1. The van der Waals surface area contributed by atoms with E-state index in [0.717, 1.165) is 0 Å². The smallest absolute Gasteiger partial charge is 0.409 e. The summed E-state index contributed by atoms with van der Waals surface area (Å²) in [6, 6.07) is 0. The van der Waals surface area contributed by atoms with Gasteiger partial charge in [0.1, 0.15) is 5.92 Å². The van der Waals surface area contributed by atoms with Crippen molar-refractivity contribution in [2.75, 3.05) is 20.2 Å². The van der Waals surface area contributed by atoms with Gasteiger partial charge in [0.15, 0.2) is 5.78 Å². The van der Waals surface area contributed by atoms with Crippen molar-refractivity contribution in [3.05, 3.63) is 0 Å². The van der Waals surface area contributed by atoms with Crippen molar-refractivity contribution in [3.8, 4) is 0 Å². The van der Waals surface area contributed by atoms with E-state index in [0.29, 0.717) is 0 Å². The predicted octanol–water partition coefficient (Wildman–Crippen LogP) is -0.605. The zero-order chi connectivity index (χ0) is 12.3. The number of rotatable bonds is 1. The average Bonchev–Trinajstić information content (AvgIpc) is 2.30. The summed E-state index contributed by atoms with van der Waals surface area (Å²) in [5.41, 5.74) is 1.42. The summed E-state index contributed by atoms with van der Waals surface area (Å²) in [6.45, 7) is 1.78. The molecule has 0 saturated carbocycles. The van der Waals surface area contributed by atoms with Gasteiger partial charge in [-0.25, -0.2) is 10.3 Å². The van der Waals surface area contributed by atoms with Crippen LogP contribution in [0, 0.1) is 11.8 Å². The van der Waals surface area contributed by atoms with E-state index in [-0.39, 0.29) is 18.9 Å². The summed E-state index contributed by atoms with van der Waals surface area (Å²) in [5, 5.41) is 8.49. The summed E-state index contributed by atoms with van der Waals surface area (Å²) < 4.78 is 4.52. The van der Waals surface area contributed by atoms with Crippen LogP contribution in [0.15, 0.2) is 0 Å². The largest absolute Gasteiger partial charge is 0.453 e. The van der Waals surface area contributed by atoms with Crippen LogP contribution >= 0.6 is 0 Å². The van der Waals surface area contributed by atoms with E-state index in [1.165, 1.54) is 17.5 Å². The van der Waals surface area contributed by atoms with Crippen molar-refractivity contribution in [2.24, 2.45) is 11.8 Å². The van der Waals surface area contributed by atoms with Crippen molar-refractivity contribution in [2.45, 2.75) is 6.92 Å². The van der Waals surface area contributed by atoms with Gasteiger partial charge in [0, 0.05) is 19.0 Å². The Hall–Kier alpha value is -1.63. The first-order valence-electron chi connectivity index (χ1n) is 4.81. The van der Waals surface area contributed by atoms with Crippen molar-refractivity contribution >= 4 is 17.8 Å². The van der Waals surface area contributed by atoms with Crippen LogP contribution < -0.4 is 5.48 Å². The number of methoxy groups -OCH3 is 1. The topological polar surface area (TPSA) is 95.9 Å². The fraction of sp³-hybridized carbons (Fsp3) is 0.667. The number of ether oxygens (including phenoxy) is 1. The van der Waals surface area contributed by atoms with Gasteiger partial charge in [0.05, 0.1) is 7.11 Å². The molecule has 0 bridgehead atoms. The maximum Gasteiger partial charge on any atom is 0.409 e. The molecule has 0 aliphatic carbocycles. The van der Waals surface area contributed by atoms with Gasteiger partial charge in [-0.15, -0.1) is 0 Å². The van der Waals surface area contributed by atoms with E-state index in [4.69, 9.17) is 5.21 Å². The number of hydrogen-bond donors (Lipinski definition) is 2. The highest BCUT2D eigenvalue weighted by Gasteiger charge is 2.39. The maximum atomic E-state index is 11.6. The van der Waals surface area contributed by atoms with Crippen LogP contribution in [-0.2, 0) is 14.3 Å². The molecule has 0 radical (unpaired) electrons.